The quantitative estimate of drug-likeness (QED) is 0.517. The third-order valence-electron chi connectivity index (χ3n) is 4.55. The van der Waals surface area contributed by atoms with Gasteiger partial charge in [0.25, 0.3) is 0 Å². The second-order valence-electron chi connectivity index (χ2n) is 6.29. The zero-order valence-electron chi connectivity index (χ0n) is 15.5. The van der Waals surface area contributed by atoms with Crippen LogP contribution < -0.4 is 25.0 Å². The molecule has 0 N–H and O–H groups in total. The Kier molecular flexibility index (Phi) is 6.64. The summed E-state index contributed by atoms with van der Waals surface area (Å²) in [6.45, 7) is 1.43. The van der Waals surface area contributed by atoms with Gasteiger partial charge in [-0.3, -0.25) is 4.79 Å². The number of carbonyl (C=O) groups excluding carboxylic acids is 1. The van der Waals surface area contributed by atoms with Crippen molar-refractivity contribution in [2.45, 2.75) is 12.3 Å². The van der Waals surface area contributed by atoms with Gasteiger partial charge in [-0.15, -0.1) is 18.5 Å². The second kappa shape index (κ2) is 8.97. The minimum Gasteiger partial charge on any atom is -0.497 e. The molecule has 2 heterocycles. The van der Waals surface area contributed by atoms with Crippen LogP contribution in [-0.2, 0) is 9.53 Å². The molecule has 0 saturated carbocycles. The first-order chi connectivity index (χ1) is 13.0. The summed E-state index contributed by atoms with van der Waals surface area (Å²) in [6.07, 6.45) is 2.11. The Labute approximate surface area is 164 Å². The number of hydrogen-bond donors (Lipinski definition) is 0. The Morgan fingerprint density at radius 2 is 1.96 bits per heavy atom. The normalized spacial score (nSPS) is 16.7. The van der Waals surface area contributed by atoms with Gasteiger partial charge in [-0.1, -0.05) is 0 Å². The number of hydrogen-bond acceptors (Lipinski definition) is 5. The van der Waals surface area contributed by atoms with Crippen LogP contribution in [-0.4, -0.2) is 44.9 Å². The summed E-state index contributed by atoms with van der Waals surface area (Å²) in [5, 5.41) is 2.09. The summed E-state index contributed by atoms with van der Waals surface area (Å²) in [4.78, 5) is 18.8. The van der Waals surface area contributed by atoms with E-state index in [1.165, 1.54) is 0 Å². The van der Waals surface area contributed by atoms with E-state index in [-0.39, 0.29) is 11.8 Å². The van der Waals surface area contributed by atoms with E-state index in [9.17, 15) is 4.79 Å². The molecule has 8 heteroatoms. The van der Waals surface area contributed by atoms with Crippen molar-refractivity contribution in [1.82, 2.24) is 4.98 Å². The Balaban J connectivity index is 1.85. The molecule has 2 aromatic rings. The van der Waals surface area contributed by atoms with Gasteiger partial charge in [0, 0.05) is 32.2 Å². The highest BCUT2D eigenvalue weighted by atomic mass is 31.0. The molecule has 2 unspecified atom stereocenters. The van der Waals surface area contributed by atoms with Crippen LogP contribution in [0.4, 0.5) is 5.69 Å². The topological polar surface area (TPSA) is 60.9 Å². The van der Waals surface area contributed by atoms with Gasteiger partial charge in [0.2, 0.25) is 11.8 Å². The van der Waals surface area contributed by atoms with E-state index < -0.39 is 0 Å². The number of methoxy groups -OCH3 is 2. The molecule has 3 atom stereocenters. The molecule has 1 saturated heterocycles. The molecule has 144 valence electrons. The third-order valence-corrected chi connectivity index (χ3v) is 5.51. The largest absolute Gasteiger partial charge is 0.497 e. The predicted octanol–water partition coefficient (Wildman–Crippen LogP) is 1.64. The standard InChI is InChI=1S/C19H24N2O4P2/c1-23-6-7-25-19-14(4-3-5-20-19)21-11-12(8-17(21)22)18-15(26)9-13(24-2)10-16(18)27/h3-5,9-10,12H,6-8,11,26-27H2,1-2H3/t12-/m0/s1. The van der Waals surface area contributed by atoms with E-state index >= 15 is 0 Å². The summed E-state index contributed by atoms with van der Waals surface area (Å²) < 4.78 is 16.1. The van der Waals surface area contributed by atoms with Crippen LogP contribution in [0.5, 0.6) is 11.6 Å². The summed E-state index contributed by atoms with van der Waals surface area (Å²) in [6, 6.07) is 7.63. The number of amides is 1. The van der Waals surface area contributed by atoms with Crippen molar-refractivity contribution in [1.29, 1.82) is 0 Å². The summed E-state index contributed by atoms with van der Waals surface area (Å²) in [7, 11) is 8.78. The van der Waals surface area contributed by atoms with Gasteiger partial charge < -0.3 is 19.1 Å². The van der Waals surface area contributed by atoms with Crippen molar-refractivity contribution in [3.63, 3.8) is 0 Å². The van der Waals surface area contributed by atoms with E-state index in [0.717, 1.165) is 21.9 Å². The lowest BCUT2D eigenvalue weighted by atomic mass is 9.98. The molecular formula is C19H24N2O4P2. The smallest absolute Gasteiger partial charge is 0.238 e. The van der Waals surface area contributed by atoms with Crippen molar-refractivity contribution in [2.75, 3.05) is 38.9 Å². The predicted molar refractivity (Wildman–Crippen MR) is 113 cm³/mol. The van der Waals surface area contributed by atoms with Crippen molar-refractivity contribution in [3.05, 3.63) is 36.0 Å². The molecule has 1 aliphatic heterocycles. The lowest BCUT2D eigenvalue weighted by Gasteiger charge is -2.21. The minimum atomic E-state index is 0.0641. The number of nitrogens with zero attached hydrogens (tertiary/aromatic N) is 2. The fourth-order valence-corrected chi connectivity index (χ4v) is 4.61. The fraction of sp³-hybridized carbons (Fsp3) is 0.368. The van der Waals surface area contributed by atoms with Crippen LogP contribution in [0, 0.1) is 0 Å². The summed E-state index contributed by atoms with van der Waals surface area (Å²) >= 11 is 0. The molecule has 1 aliphatic rings. The molecular weight excluding hydrogens is 382 g/mol. The number of aromatic nitrogens is 1. The molecule has 3 rings (SSSR count). The molecule has 0 bridgehead atoms. The van der Waals surface area contributed by atoms with Crippen LogP contribution in [0.15, 0.2) is 30.5 Å². The lowest BCUT2D eigenvalue weighted by molar-refractivity contribution is -0.117. The highest BCUT2D eigenvalue weighted by Crippen LogP contribution is 2.35. The number of pyridine rings is 1. The molecule has 1 fully saturated rings. The van der Waals surface area contributed by atoms with Crippen molar-refractivity contribution in [2.24, 2.45) is 0 Å². The van der Waals surface area contributed by atoms with Gasteiger partial charge in [0.1, 0.15) is 18.0 Å². The number of carbonyl (C=O) groups is 1. The SMILES string of the molecule is COCCOc1ncccc1N1C[C@@H](c2c(P)cc(OC)cc2P)CC1=O. The maximum absolute atomic E-state index is 12.8. The first-order valence-electron chi connectivity index (χ1n) is 8.65. The first-order valence-corrected chi connectivity index (χ1v) is 9.80. The zero-order chi connectivity index (χ0) is 19.4. The first kappa shape index (κ1) is 20.0. The molecule has 1 aromatic heterocycles. The van der Waals surface area contributed by atoms with Gasteiger partial charge in [0.05, 0.1) is 13.7 Å². The summed E-state index contributed by atoms with van der Waals surface area (Å²) in [5.74, 6) is 1.41. The maximum Gasteiger partial charge on any atom is 0.238 e. The van der Waals surface area contributed by atoms with Crippen LogP contribution in [0.25, 0.3) is 0 Å². The number of rotatable bonds is 7. The van der Waals surface area contributed by atoms with Crippen molar-refractivity contribution < 1.29 is 19.0 Å². The van der Waals surface area contributed by atoms with Crippen LogP contribution in [0.3, 0.4) is 0 Å². The number of anilines is 1. The van der Waals surface area contributed by atoms with Gasteiger partial charge in [-0.05, 0) is 40.4 Å². The number of ether oxygens (including phenoxy) is 3. The Morgan fingerprint density at radius 1 is 1.22 bits per heavy atom. The van der Waals surface area contributed by atoms with E-state index in [1.807, 2.05) is 24.3 Å². The molecule has 1 aromatic carbocycles. The molecule has 6 nitrogen and oxygen atoms in total. The Morgan fingerprint density at radius 3 is 2.63 bits per heavy atom. The van der Waals surface area contributed by atoms with Crippen molar-refractivity contribution >= 4 is 40.7 Å². The van der Waals surface area contributed by atoms with Gasteiger partial charge in [-0.2, -0.15) is 0 Å². The summed E-state index contributed by atoms with van der Waals surface area (Å²) in [5.41, 5.74) is 1.85. The van der Waals surface area contributed by atoms with Crippen molar-refractivity contribution in [3.8, 4) is 11.6 Å². The van der Waals surface area contributed by atoms with Gasteiger partial charge in [0.15, 0.2) is 0 Å². The van der Waals surface area contributed by atoms with Gasteiger partial charge >= 0.3 is 0 Å². The van der Waals surface area contributed by atoms with E-state index in [4.69, 9.17) is 14.2 Å². The van der Waals surface area contributed by atoms with Crippen LogP contribution in [0.1, 0.15) is 17.9 Å². The van der Waals surface area contributed by atoms with Crippen LogP contribution in [0.2, 0.25) is 0 Å². The molecule has 0 aliphatic carbocycles. The average Bonchev–Trinajstić information content (AvgIpc) is 3.02. The molecule has 1 amide bonds. The Hall–Kier alpha value is -1.74. The fourth-order valence-electron chi connectivity index (χ4n) is 3.31. The molecule has 0 radical (unpaired) electrons. The highest BCUT2D eigenvalue weighted by molar-refractivity contribution is 7.29. The van der Waals surface area contributed by atoms with E-state index in [2.05, 4.69) is 23.5 Å². The molecule has 27 heavy (non-hydrogen) atoms. The maximum atomic E-state index is 12.8. The second-order valence-corrected chi connectivity index (χ2v) is 7.54. The zero-order valence-corrected chi connectivity index (χ0v) is 17.8. The average molecular weight is 406 g/mol. The van der Waals surface area contributed by atoms with Crippen LogP contribution >= 0.6 is 18.5 Å². The Bertz CT molecular complexity index is 808. The monoisotopic (exact) mass is 406 g/mol. The minimum absolute atomic E-state index is 0.0641. The van der Waals surface area contributed by atoms with E-state index in [1.54, 1.807) is 25.3 Å². The lowest BCUT2D eigenvalue weighted by Crippen LogP contribution is -2.26. The van der Waals surface area contributed by atoms with E-state index in [0.29, 0.717) is 37.7 Å². The highest BCUT2D eigenvalue weighted by Gasteiger charge is 2.35. The third kappa shape index (κ3) is 4.40. The van der Waals surface area contributed by atoms with Gasteiger partial charge in [-0.25, -0.2) is 4.98 Å². The number of benzene rings is 1. The molecule has 0 spiro atoms.